The van der Waals surface area contributed by atoms with Gasteiger partial charge in [0.2, 0.25) is 0 Å². The van der Waals surface area contributed by atoms with Crippen LogP contribution >= 0.6 is 11.3 Å². The number of piperidine rings is 1. The van der Waals surface area contributed by atoms with E-state index in [-0.39, 0.29) is 11.5 Å². The maximum Gasteiger partial charge on any atom is 0.345 e. The Bertz CT molecular complexity index is 1090. The molecule has 5 nitrogen and oxygen atoms in total. The first-order valence-corrected chi connectivity index (χ1v) is 11.3. The van der Waals surface area contributed by atoms with E-state index < -0.39 is 0 Å². The Morgan fingerprint density at radius 3 is 2.72 bits per heavy atom. The van der Waals surface area contributed by atoms with Crippen molar-refractivity contribution in [3.05, 3.63) is 45.1 Å². The number of nitrogens with zero attached hydrogens (tertiary/aromatic N) is 1. The lowest BCUT2D eigenvalue weighted by Gasteiger charge is -2.39. The zero-order chi connectivity index (χ0) is 20.5. The summed E-state index contributed by atoms with van der Waals surface area (Å²) in [6.07, 6.45) is 4.75. The van der Waals surface area contributed by atoms with Crippen molar-refractivity contribution in [1.82, 2.24) is 10.2 Å². The van der Waals surface area contributed by atoms with E-state index >= 15 is 0 Å². The molecule has 1 saturated heterocycles. The molecule has 6 heteroatoms. The number of nitrogens with one attached hydrogen (secondary N) is 1. The minimum absolute atomic E-state index is 0.119. The van der Waals surface area contributed by atoms with Crippen LogP contribution in [0.5, 0.6) is 0 Å². The molecular formula is C23H28N2O3S. The summed E-state index contributed by atoms with van der Waals surface area (Å²) in [4.78, 5) is 28.1. The summed E-state index contributed by atoms with van der Waals surface area (Å²) in [5, 5.41) is 4.39. The number of hydrogen-bond donors (Lipinski definition) is 1. The molecule has 2 atom stereocenters. The van der Waals surface area contributed by atoms with Gasteiger partial charge < -0.3 is 9.73 Å². The Morgan fingerprint density at radius 1 is 1.21 bits per heavy atom. The van der Waals surface area contributed by atoms with Crippen LogP contribution in [-0.4, -0.2) is 36.0 Å². The third-order valence-electron chi connectivity index (χ3n) is 6.01. The van der Waals surface area contributed by atoms with E-state index in [9.17, 15) is 9.59 Å². The Balaban J connectivity index is 1.45. The van der Waals surface area contributed by atoms with E-state index in [4.69, 9.17) is 4.42 Å². The van der Waals surface area contributed by atoms with Crippen molar-refractivity contribution in [2.45, 2.75) is 58.5 Å². The molecule has 1 N–H and O–H groups in total. The van der Waals surface area contributed by atoms with Gasteiger partial charge in [-0.05, 0) is 58.2 Å². The largest absolute Gasteiger partial charge is 0.422 e. The number of fused-ring (bicyclic) bond motifs is 3. The maximum atomic E-state index is 12.7. The van der Waals surface area contributed by atoms with Gasteiger partial charge in [0.25, 0.3) is 5.91 Å². The average molecular weight is 413 g/mol. The smallest absolute Gasteiger partial charge is 0.345 e. The van der Waals surface area contributed by atoms with Crippen molar-refractivity contribution in [3.63, 3.8) is 0 Å². The Kier molecular flexibility index (Phi) is 5.74. The highest BCUT2D eigenvalue weighted by molar-refractivity contribution is 7.21. The Labute approximate surface area is 174 Å². The molecule has 3 aromatic rings. The van der Waals surface area contributed by atoms with Gasteiger partial charge in [0.05, 0.1) is 15.0 Å². The fraction of sp³-hybridized carbons (Fsp3) is 0.478. The lowest BCUT2D eigenvalue weighted by atomic mass is 9.97. The molecule has 4 rings (SSSR count). The molecular weight excluding hydrogens is 384 g/mol. The number of hydrogen-bond acceptors (Lipinski definition) is 5. The molecule has 29 heavy (non-hydrogen) atoms. The van der Waals surface area contributed by atoms with Crippen LogP contribution in [0.15, 0.2) is 33.5 Å². The van der Waals surface area contributed by atoms with Gasteiger partial charge in [-0.1, -0.05) is 18.1 Å². The van der Waals surface area contributed by atoms with Crippen LogP contribution in [0.4, 0.5) is 0 Å². The van der Waals surface area contributed by atoms with Crippen LogP contribution in [0.3, 0.4) is 0 Å². The van der Waals surface area contributed by atoms with Crippen molar-refractivity contribution < 1.29 is 9.21 Å². The number of aryl methyl sites for hydroxylation is 1. The molecule has 0 bridgehead atoms. The Morgan fingerprint density at radius 2 is 1.97 bits per heavy atom. The third kappa shape index (κ3) is 4.09. The zero-order valence-electron chi connectivity index (χ0n) is 17.3. The Hall–Kier alpha value is -2.18. The molecule has 3 heterocycles. The molecule has 154 valence electrons. The van der Waals surface area contributed by atoms with Crippen LogP contribution in [-0.2, 0) is 0 Å². The van der Waals surface area contributed by atoms with E-state index in [1.165, 1.54) is 30.6 Å². The van der Waals surface area contributed by atoms with E-state index in [1.54, 1.807) is 6.07 Å². The molecule has 0 aliphatic carbocycles. The van der Waals surface area contributed by atoms with E-state index in [1.807, 2.05) is 25.1 Å². The van der Waals surface area contributed by atoms with Gasteiger partial charge in [-0.3, -0.25) is 9.69 Å². The van der Waals surface area contributed by atoms with Crippen molar-refractivity contribution in [3.8, 4) is 0 Å². The molecule has 1 aliphatic rings. The zero-order valence-corrected chi connectivity index (χ0v) is 18.1. The fourth-order valence-corrected chi connectivity index (χ4v) is 5.47. The first kappa shape index (κ1) is 20.1. The predicted molar refractivity (Wildman–Crippen MR) is 119 cm³/mol. The highest BCUT2D eigenvalue weighted by Crippen LogP contribution is 2.31. The number of likely N-dealkylation sites (tertiary alicyclic amines) is 1. The van der Waals surface area contributed by atoms with Crippen LogP contribution in [0, 0.1) is 6.92 Å². The van der Waals surface area contributed by atoms with Crippen LogP contribution < -0.4 is 10.9 Å². The molecule has 1 amide bonds. The van der Waals surface area contributed by atoms with Crippen LogP contribution in [0.1, 0.15) is 54.8 Å². The van der Waals surface area contributed by atoms with Crippen LogP contribution in [0.2, 0.25) is 0 Å². The van der Waals surface area contributed by atoms with E-state index in [2.05, 4.69) is 24.1 Å². The SMILES string of the molecule is Cc1ccc2oc(=O)c3cc(C(=O)NCCCN4[C@@H](C)CCC[C@@H]4C)sc3c2c1. The average Bonchev–Trinajstić information content (AvgIpc) is 3.14. The second kappa shape index (κ2) is 8.28. The predicted octanol–water partition coefficient (Wildman–Crippen LogP) is 4.70. The standard InChI is InChI=1S/C23H28N2O3S/c1-14-8-9-19-17(12-14)21-18(23(27)28-19)13-20(29-21)22(26)24-10-5-11-25-15(2)6-4-7-16(25)3/h8-9,12-13,15-16H,4-7,10-11H2,1-3H3,(H,24,26)/t15-,16-/m0/s1. The molecule has 0 spiro atoms. The van der Waals surface area contributed by atoms with E-state index in [0.717, 1.165) is 28.6 Å². The molecule has 1 aromatic carbocycles. The molecule has 1 fully saturated rings. The van der Waals surface area contributed by atoms with Crippen molar-refractivity contribution in [2.24, 2.45) is 0 Å². The molecule has 1 aliphatic heterocycles. The summed E-state index contributed by atoms with van der Waals surface area (Å²) in [6, 6.07) is 8.63. The summed E-state index contributed by atoms with van der Waals surface area (Å²) in [5.41, 5.74) is 1.26. The highest BCUT2D eigenvalue weighted by atomic mass is 32.1. The highest BCUT2D eigenvalue weighted by Gasteiger charge is 2.24. The van der Waals surface area contributed by atoms with Gasteiger partial charge in [0, 0.05) is 30.6 Å². The number of amides is 1. The lowest BCUT2D eigenvalue weighted by Crippen LogP contribution is -2.44. The van der Waals surface area contributed by atoms with Gasteiger partial charge in [0.15, 0.2) is 0 Å². The minimum atomic E-state index is -0.389. The van der Waals surface area contributed by atoms with Crippen molar-refractivity contribution in [2.75, 3.05) is 13.1 Å². The normalized spacial score (nSPS) is 20.4. The van der Waals surface area contributed by atoms with Gasteiger partial charge in [0.1, 0.15) is 5.58 Å². The van der Waals surface area contributed by atoms with Gasteiger partial charge >= 0.3 is 5.63 Å². The number of rotatable bonds is 5. The first-order valence-electron chi connectivity index (χ1n) is 10.4. The fourth-order valence-electron chi connectivity index (χ4n) is 4.39. The number of carbonyl (C=O) groups is 1. The quantitative estimate of drug-likeness (QED) is 0.487. The summed E-state index contributed by atoms with van der Waals surface area (Å²) < 4.78 is 6.24. The first-order chi connectivity index (χ1) is 13.9. The van der Waals surface area contributed by atoms with Gasteiger partial charge in [-0.25, -0.2) is 4.79 Å². The summed E-state index contributed by atoms with van der Waals surface area (Å²) >= 11 is 1.36. The topological polar surface area (TPSA) is 62.6 Å². The minimum Gasteiger partial charge on any atom is -0.422 e. The summed E-state index contributed by atoms with van der Waals surface area (Å²) in [6.45, 7) is 8.23. The summed E-state index contributed by atoms with van der Waals surface area (Å²) in [7, 11) is 0. The second-order valence-electron chi connectivity index (χ2n) is 8.22. The number of benzene rings is 1. The second-order valence-corrected chi connectivity index (χ2v) is 9.27. The van der Waals surface area contributed by atoms with Gasteiger partial charge in [-0.2, -0.15) is 0 Å². The number of carbonyl (C=O) groups excluding carboxylic acids is 1. The molecule has 0 saturated carbocycles. The molecule has 0 unspecified atom stereocenters. The molecule has 0 radical (unpaired) electrons. The molecule has 2 aromatic heterocycles. The van der Waals surface area contributed by atoms with Crippen LogP contribution in [0.25, 0.3) is 21.1 Å². The number of thiophene rings is 1. The van der Waals surface area contributed by atoms with Crippen molar-refractivity contribution in [1.29, 1.82) is 0 Å². The summed E-state index contributed by atoms with van der Waals surface area (Å²) in [5.74, 6) is -0.119. The monoisotopic (exact) mass is 412 g/mol. The van der Waals surface area contributed by atoms with Gasteiger partial charge in [-0.15, -0.1) is 11.3 Å². The van der Waals surface area contributed by atoms with Crippen molar-refractivity contribution >= 4 is 38.3 Å². The lowest BCUT2D eigenvalue weighted by molar-refractivity contribution is 0.0929. The van der Waals surface area contributed by atoms with E-state index in [0.29, 0.717) is 34.5 Å². The maximum absolute atomic E-state index is 12.7. The third-order valence-corrected chi connectivity index (χ3v) is 7.18.